The van der Waals surface area contributed by atoms with Crippen LogP contribution in [0, 0.1) is 6.92 Å². The van der Waals surface area contributed by atoms with Crippen LogP contribution < -0.4 is 5.56 Å². The largest absolute Gasteiger partial charge is 0.504 e. The summed E-state index contributed by atoms with van der Waals surface area (Å²) in [5, 5.41) is 13.9. The normalized spacial score (nSPS) is 10.5. The van der Waals surface area contributed by atoms with Gasteiger partial charge in [0.1, 0.15) is 11.8 Å². The van der Waals surface area contributed by atoms with Gasteiger partial charge < -0.3 is 9.63 Å². The van der Waals surface area contributed by atoms with Gasteiger partial charge in [-0.15, -0.1) is 0 Å². The molecule has 8 heteroatoms. The van der Waals surface area contributed by atoms with Crippen molar-refractivity contribution in [3.05, 3.63) is 50.3 Å². The number of benzene rings is 1. The Balaban J connectivity index is 0.000000924. The molecule has 0 aliphatic heterocycles. The van der Waals surface area contributed by atoms with Gasteiger partial charge in [-0.2, -0.15) is 0 Å². The van der Waals surface area contributed by atoms with Gasteiger partial charge >= 0.3 is 0 Å². The zero-order valence-corrected chi connectivity index (χ0v) is 14.3. The number of halogens is 2. The highest BCUT2D eigenvalue weighted by Crippen LogP contribution is 2.34. The van der Waals surface area contributed by atoms with Gasteiger partial charge in [0.2, 0.25) is 0 Å². The highest BCUT2D eigenvalue weighted by atomic mass is 35.5. The molecule has 0 radical (unpaired) electrons. The van der Waals surface area contributed by atoms with Crippen LogP contribution in [0.1, 0.15) is 25.1 Å². The molecule has 3 rings (SSSR count). The number of aromatic hydroxyl groups is 1. The predicted octanol–water partition coefficient (Wildman–Crippen LogP) is 3.78. The minimum atomic E-state index is -0.377. The maximum Gasteiger partial charge on any atom is 0.263 e. The lowest BCUT2D eigenvalue weighted by molar-refractivity contribution is 0.414. The third-order valence-electron chi connectivity index (χ3n) is 3.17. The summed E-state index contributed by atoms with van der Waals surface area (Å²) in [7, 11) is 0. The molecule has 0 unspecified atom stereocenters. The zero-order chi connectivity index (χ0) is 17.1. The van der Waals surface area contributed by atoms with E-state index in [-0.39, 0.29) is 38.8 Å². The first-order valence-corrected chi connectivity index (χ1v) is 7.70. The van der Waals surface area contributed by atoms with Gasteiger partial charge in [0.25, 0.3) is 5.56 Å². The van der Waals surface area contributed by atoms with Crippen molar-refractivity contribution >= 4 is 34.1 Å². The lowest BCUT2D eigenvalue weighted by atomic mass is 10.2. The Bertz CT molecular complexity index is 903. The summed E-state index contributed by atoms with van der Waals surface area (Å²) < 4.78 is 6.20. The van der Waals surface area contributed by atoms with E-state index in [1.165, 1.54) is 23.2 Å². The van der Waals surface area contributed by atoms with E-state index in [1.54, 1.807) is 6.92 Å². The molecular weight excluding hydrogens is 341 g/mol. The molecule has 0 bridgehead atoms. The van der Waals surface area contributed by atoms with Crippen LogP contribution in [0.4, 0.5) is 0 Å². The Morgan fingerprint density at radius 1 is 1.30 bits per heavy atom. The summed E-state index contributed by atoms with van der Waals surface area (Å²) in [5.74, 6) is -0.263. The predicted molar refractivity (Wildman–Crippen MR) is 89.4 cm³/mol. The van der Waals surface area contributed by atoms with E-state index in [2.05, 4.69) is 10.1 Å². The van der Waals surface area contributed by atoms with Gasteiger partial charge in [-0.05, 0) is 13.0 Å². The minimum Gasteiger partial charge on any atom is -0.504 e. The molecule has 0 amide bonds. The number of phenols is 1. The van der Waals surface area contributed by atoms with Crippen LogP contribution in [0.25, 0.3) is 10.9 Å². The first-order chi connectivity index (χ1) is 11.0. The van der Waals surface area contributed by atoms with Crippen molar-refractivity contribution in [3.8, 4) is 5.75 Å². The topological polar surface area (TPSA) is 81.2 Å². The number of hydrogen-bond acceptors (Lipinski definition) is 5. The Hall–Kier alpha value is -2.05. The van der Waals surface area contributed by atoms with Crippen LogP contribution in [0.5, 0.6) is 5.75 Å². The number of rotatable bonds is 2. The zero-order valence-electron chi connectivity index (χ0n) is 12.8. The van der Waals surface area contributed by atoms with E-state index >= 15 is 0 Å². The lowest BCUT2D eigenvalue weighted by Crippen LogP contribution is -2.21. The molecule has 1 aromatic carbocycles. The highest BCUT2D eigenvalue weighted by molar-refractivity contribution is 6.39. The molecule has 6 nitrogen and oxygen atoms in total. The lowest BCUT2D eigenvalue weighted by Gasteiger charge is -2.08. The summed E-state index contributed by atoms with van der Waals surface area (Å²) in [6, 6.07) is 1.32. The van der Waals surface area contributed by atoms with Crippen LogP contribution in [-0.2, 0) is 6.54 Å². The second-order valence-electron chi connectivity index (χ2n) is 4.52. The van der Waals surface area contributed by atoms with Gasteiger partial charge in [-0.1, -0.05) is 42.2 Å². The second kappa shape index (κ2) is 7.02. The molecule has 0 saturated carbocycles. The number of fused-ring (bicyclic) bond motifs is 1. The highest BCUT2D eigenvalue weighted by Gasteiger charge is 2.16. The Morgan fingerprint density at radius 3 is 2.61 bits per heavy atom. The molecule has 3 aromatic rings. The molecule has 0 aliphatic rings. The van der Waals surface area contributed by atoms with Crippen molar-refractivity contribution in [1.82, 2.24) is 14.7 Å². The molecule has 0 fully saturated rings. The minimum absolute atomic E-state index is 0.0482. The molecule has 1 N–H and O–H groups in total. The van der Waals surface area contributed by atoms with E-state index in [9.17, 15) is 9.90 Å². The van der Waals surface area contributed by atoms with E-state index in [1.807, 2.05) is 13.8 Å². The van der Waals surface area contributed by atoms with Crippen molar-refractivity contribution in [2.45, 2.75) is 27.3 Å². The van der Waals surface area contributed by atoms with Gasteiger partial charge in [-0.3, -0.25) is 9.36 Å². The molecule has 2 heterocycles. The number of hydrogen-bond donors (Lipinski definition) is 1. The second-order valence-corrected chi connectivity index (χ2v) is 5.33. The number of aromatic nitrogens is 3. The summed E-state index contributed by atoms with van der Waals surface area (Å²) in [4.78, 5) is 16.6. The summed E-state index contributed by atoms with van der Waals surface area (Å²) in [5.41, 5.74) is 1.15. The van der Waals surface area contributed by atoms with E-state index in [4.69, 9.17) is 27.7 Å². The van der Waals surface area contributed by atoms with E-state index < -0.39 is 0 Å². The fraction of sp³-hybridized carbons (Fsp3) is 0.267. The third kappa shape index (κ3) is 3.18. The van der Waals surface area contributed by atoms with E-state index in [0.29, 0.717) is 5.69 Å². The smallest absolute Gasteiger partial charge is 0.263 e. The SMILES string of the molecule is CC.Cc1nocc1Cn1cnc2c(O)c(Cl)cc(Cl)c2c1=O. The third-order valence-corrected chi connectivity index (χ3v) is 3.76. The van der Waals surface area contributed by atoms with Crippen molar-refractivity contribution < 1.29 is 9.63 Å². The molecule has 0 saturated heterocycles. The molecule has 23 heavy (non-hydrogen) atoms. The number of aryl methyl sites for hydroxylation is 1. The molecule has 122 valence electrons. The molecule has 0 spiro atoms. The summed E-state index contributed by atoms with van der Waals surface area (Å²) in [6.07, 6.45) is 2.79. The van der Waals surface area contributed by atoms with Gasteiger partial charge in [0.15, 0.2) is 5.75 Å². The van der Waals surface area contributed by atoms with Crippen LogP contribution in [0.3, 0.4) is 0 Å². The number of phenolic OH excluding ortho intramolecular Hbond substituents is 1. The fourth-order valence-electron chi connectivity index (χ4n) is 2.01. The van der Waals surface area contributed by atoms with Crippen LogP contribution in [-0.4, -0.2) is 19.8 Å². The van der Waals surface area contributed by atoms with E-state index in [0.717, 1.165) is 5.56 Å². The maximum absolute atomic E-state index is 12.5. The Morgan fingerprint density at radius 2 is 2.00 bits per heavy atom. The standard InChI is InChI=1S/C13H9Cl2N3O3.C2H6/c1-6-7(4-21-17-6)3-18-5-16-11-10(13(18)20)8(14)2-9(15)12(11)19;1-2/h2,4-5,19H,3H2,1H3;1-2H3. The molecule has 2 aromatic heterocycles. The molecule has 0 aliphatic carbocycles. The fourth-order valence-corrected chi connectivity index (χ4v) is 2.54. The Labute approximate surface area is 142 Å². The van der Waals surface area contributed by atoms with Gasteiger partial charge in [-0.25, -0.2) is 4.98 Å². The van der Waals surface area contributed by atoms with Crippen molar-refractivity contribution in [2.24, 2.45) is 0 Å². The van der Waals surface area contributed by atoms with Crippen molar-refractivity contribution in [1.29, 1.82) is 0 Å². The first kappa shape index (κ1) is 17.3. The van der Waals surface area contributed by atoms with Gasteiger partial charge in [0, 0.05) is 5.56 Å². The Kier molecular flexibility index (Phi) is 5.28. The maximum atomic E-state index is 12.5. The van der Waals surface area contributed by atoms with Crippen LogP contribution >= 0.6 is 23.2 Å². The summed E-state index contributed by atoms with van der Waals surface area (Å²) in [6.45, 7) is 6.02. The van der Waals surface area contributed by atoms with Crippen molar-refractivity contribution in [2.75, 3.05) is 0 Å². The average molecular weight is 356 g/mol. The monoisotopic (exact) mass is 355 g/mol. The quantitative estimate of drug-likeness (QED) is 0.756. The molecular formula is C15H15Cl2N3O3. The average Bonchev–Trinajstić information content (AvgIpc) is 2.94. The summed E-state index contributed by atoms with van der Waals surface area (Å²) >= 11 is 11.9. The first-order valence-electron chi connectivity index (χ1n) is 6.95. The van der Waals surface area contributed by atoms with Gasteiger partial charge in [0.05, 0.1) is 34.0 Å². The number of nitrogens with zero attached hydrogens (tertiary/aromatic N) is 3. The van der Waals surface area contributed by atoms with Crippen LogP contribution in [0.15, 0.2) is 28.0 Å². The van der Waals surface area contributed by atoms with Crippen LogP contribution in [0.2, 0.25) is 10.0 Å². The molecule has 0 atom stereocenters. The van der Waals surface area contributed by atoms with Crippen molar-refractivity contribution in [3.63, 3.8) is 0 Å².